The second-order valence-corrected chi connectivity index (χ2v) is 4.35. The molecule has 0 aliphatic heterocycles. The van der Waals surface area contributed by atoms with Crippen molar-refractivity contribution in [1.82, 2.24) is 5.32 Å². The highest BCUT2D eigenvalue weighted by molar-refractivity contribution is 8.00. The van der Waals surface area contributed by atoms with Crippen LogP contribution in [0.25, 0.3) is 0 Å². The molecule has 1 aromatic heterocycles. The fraction of sp³-hybridized carbons (Fsp3) is 0.400. The summed E-state index contributed by atoms with van der Waals surface area (Å²) < 4.78 is 5.04. The van der Waals surface area contributed by atoms with E-state index in [-0.39, 0.29) is 17.4 Å². The molecule has 0 spiro atoms. The lowest BCUT2D eigenvalue weighted by Gasteiger charge is -2.06. The first-order valence-electron chi connectivity index (χ1n) is 4.95. The molecule has 0 radical (unpaired) electrons. The Morgan fingerprint density at radius 1 is 1.59 bits per heavy atom. The molecule has 1 amide bonds. The van der Waals surface area contributed by atoms with Crippen molar-refractivity contribution < 1.29 is 19.1 Å². The van der Waals surface area contributed by atoms with Crippen LogP contribution in [0.3, 0.4) is 0 Å². The van der Waals surface area contributed by atoms with E-state index < -0.39 is 12.0 Å². The minimum atomic E-state index is -1.06. The van der Waals surface area contributed by atoms with Crippen molar-refractivity contribution in [3.05, 3.63) is 24.2 Å². The number of rotatable bonds is 7. The zero-order valence-corrected chi connectivity index (χ0v) is 9.90. The number of nitrogens with two attached hydrogens (primary N) is 1. The van der Waals surface area contributed by atoms with E-state index in [0.717, 1.165) is 0 Å². The third-order valence-electron chi connectivity index (χ3n) is 1.89. The van der Waals surface area contributed by atoms with Gasteiger partial charge >= 0.3 is 5.97 Å². The average molecular weight is 258 g/mol. The number of carboxylic acids is 1. The van der Waals surface area contributed by atoms with Gasteiger partial charge in [-0.05, 0) is 12.1 Å². The normalized spacial score (nSPS) is 12.1. The Hall–Kier alpha value is -1.47. The first-order chi connectivity index (χ1) is 8.09. The standard InChI is InChI=1S/C10H14N2O4S/c11-8(10(14)15)5-17-6-9(13)12-4-7-2-1-3-16-7/h1-3,8H,4-6,11H2,(H,12,13)(H,14,15). The first kappa shape index (κ1) is 13.6. The predicted molar refractivity (Wildman–Crippen MR) is 63.5 cm³/mol. The third kappa shape index (κ3) is 5.41. The number of nitrogens with one attached hydrogen (secondary N) is 1. The van der Waals surface area contributed by atoms with Gasteiger partial charge in [-0.25, -0.2) is 0 Å². The van der Waals surface area contributed by atoms with Gasteiger partial charge in [0.05, 0.1) is 18.6 Å². The van der Waals surface area contributed by atoms with Gasteiger partial charge in [0.2, 0.25) is 5.91 Å². The Morgan fingerprint density at radius 2 is 2.35 bits per heavy atom. The Labute approximate surface area is 103 Å². The van der Waals surface area contributed by atoms with Crippen LogP contribution in [0.4, 0.5) is 0 Å². The summed E-state index contributed by atoms with van der Waals surface area (Å²) in [6, 6.07) is 2.56. The molecule has 1 rings (SSSR count). The van der Waals surface area contributed by atoms with Crippen LogP contribution in [0.15, 0.2) is 22.8 Å². The van der Waals surface area contributed by atoms with Crippen LogP contribution in [0.5, 0.6) is 0 Å². The summed E-state index contributed by atoms with van der Waals surface area (Å²) in [4.78, 5) is 21.7. The van der Waals surface area contributed by atoms with Gasteiger partial charge in [-0.15, -0.1) is 11.8 Å². The Bertz CT molecular complexity index is 366. The van der Waals surface area contributed by atoms with Crippen molar-refractivity contribution in [3.8, 4) is 0 Å². The van der Waals surface area contributed by atoms with Crippen molar-refractivity contribution in [2.75, 3.05) is 11.5 Å². The quantitative estimate of drug-likeness (QED) is 0.637. The average Bonchev–Trinajstić information content (AvgIpc) is 2.78. The molecular formula is C10H14N2O4S. The molecule has 1 heterocycles. The van der Waals surface area contributed by atoms with Gasteiger partial charge in [-0.3, -0.25) is 9.59 Å². The SMILES string of the molecule is NC(CSCC(=O)NCc1ccco1)C(=O)O. The highest BCUT2D eigenvalue weighted by Crippen LogP contribution is 2.03. The molecule has 0 aliphatic carbocycles. The maximum absolute atomic E-state index is 11.3. The molecule has 0 saturated heterocycles. The second kappa shape index (κ2) is 6.97. The van der Waals surface area contributed by atoms with Crippen molar-refractivity contribution in [3.63, 3.8) is 0 Å². The van der Waals surface area contributed by atoms with Crippen LogP contribution in [-0.2, 0) is 16.1 Å². The lowest BCUT2D eigenvalue weighted by atomic mass is 10.4. The summed E-state index contributed by atoms with van der Waals surface area (Å²) in [7, 11) is 0. The van der Waals surface area contributed by atoms with E-state index in [1.54, 1.807) is 12.1 Å². The number of carboxylic acid groups (broad SMARTS) is 1. The maximum atomic E-state index is 11.3. The summed E-state index contributed by atoms with van der Waals surface area (Å²) >= 11 is 1.19. The van der Waals surface area contributed by atoms with Gasteiger partial charge < -0.3 is 20.6 Å². The number of thioether (sulfide) groups is 1. The molecule has 17 heavy (non-hydrogen) atoms. The summed E-state index contributed by atoms with van der Waals surface area (Å²) in [6.45, 7) is 0.331. The number of aliphatic carboxylic acids is 1. The number of carbonyl (C=O) groups excluding carboxylic acids is 1. The van der Waals surface area contributed by atoms with E-state index in [4.69, 9.17) is 15.3 Å². The highest BCUT2D eigenvalue weighted by Gasteiger charge is 2.12. The van der Waals surface area contributed by atoms with Gasteiger partial charge in [-0.2, -0.15) is 0 Å². The molecule has 0 saturated carbocycles. The maximum Gasteiger partial charge on any atom is 0.321 e. The zero-order valence-electron chi connectivity index (χ0n) is 9.09. The van der Waals surface area contributed by atoms with Crippen molar-refractivity contribution in [2.24, 2.45) is 5.73 Å². The Balaban J connectivity index is 2.11. The molecule has 6 nitrogen and oxygen atoms in total. The van der Waals surface area contributed by atoms with Crippen LogP contribution >= 0.6 is 11.8 Å². The number of amides is 1. The summed E-state index contributed by atoms with van der Waals surface area (Å²) in [5, 5.41) is 11.2. The summed E-state index contributed by atoms with van der Waals surface area (Å²) in [5.41, 5.74) is 5.29. The van der Waals surface area contributed by atoms with Crippen molar-refractivity contribution in [1.29, 1.82) is 0 Å². The molecule has 4 N–H and O–H groups in total. The van der Waals surface area contributed by atoms with Crippen LogP contribution < -0.4 is 11.1 Å². The number of furan rings is 1. The van der Waals surface area contributed by atoms with Crippen LogP contribution in [0, 0.1) is 0 Å². The molecule has 94 valence electrons. The summed E-state index contributed by atoms with van der Waals surface area (Å²) in [5.74, 6) is -0.173. The van der Waals surface area contributed by atoms with E-state index >= 15 is 0 Å². The van der Waals surface area contributed by atoms with Gasteiger partial charge in [0.15, 0.2) is 0 Å². The molecule has 0 fully saturated rings. The largest absolute Gasteiger partial charge is 0.480 e. The van der Waals surface area contributed by atoms with Gasteiger partial charge in [0.1, 0.15) is 11.8 Å². The van der Waals surface area contributed by atoms with E-state index in [1.165, 1.54) is 18.0 Å². The van der Waals surface area contributed by atoms with Crippen LogP contribution in [0.2, 0.25) is 0 Å². The van der Waals surface area contributed by atoms with E-state index in [9.17, 15) is 9.59 Å². The fourth-order valence-electron chi connectivity index (χ4n) is 1.000. The highest BCUT2D eigenvalue weighted by atomic mass is 32.2. The third-order valence-corrected chi connectivity index (χ3v) is 2.95. The van der Waals surface area contributed by atoms with E-state index in [2.05, 4.69) is 5.32 Å². The van der Waals surface area contributed by atoms with Crippen LogP contribution in [0.1, 0.15) is 5.76 Å². The number of hydrogen-bond acceptors (Lipinski definition) is 5. The molecule has 0 aromatic carbocycles. The summed E-state index contributed by atoms with van der Waals surface area (Å²) in [6.07, 6.45) is 1.53. The van der Waals surface area contributed by atoms with Gasteiger partial charge in [0, 0.05) is 5.75 Å². The van der Waals surface area contributed by atoms with Crippen molar-refractivity contribution in [2.45, 2.75) is 12.6 Å². The Kier molecular flexibility index (Phi) is 5.58. The lowest BCUT2D eigenvalue weighted by molar-refractivity contribution is -0.138. The second-order valence-electron chi connectivity index (χ2n) is 3.32. The molecule has 0 bridgehead atoms. The van der Waals surface area contributed by atoms with Gasteiger partial charge in [-0.1, -0.05) is 0 Å². The smallest absolute Gasteiger partial charge is 0.321 e. The molecular weight excluding hydrogens is 244 g/mol. The topological polar surface area (TPSA) is 106 Å². The van der Waals surface area contributed by atoms with E-state index in [0.29, 0.717) is 12.3 Å². The number of hydrogen-bond donors (Lipinski definition) is 3. The molecule has 0 aliphatic rings. The molecule has 7 heteroatoms. The zero-order chi connectivity index (χ0) is 12.7. The predicted octanol–water partition coefficient (Wildman–Crippen LogP) is 0.0409. The van der Waals surface area contributed by atoms with Gasteiger partial charge in [0.25, 0.3) is 0 Å². The van der Waals surface area contributed by atoms with E-state index in [1.807, 2.05) is 0 Å². The lowest BCUT2D eigenvalue weighted by Crippen LogP contribution is -2.33. The fourth-order valence-corrected chi connectivity index (χ4v) is 1.80. The molecule has 1 aromatic rings. The van der Waals surface area contributed by atoms with Crippen molar-refractivity contribution >= 4 is 23.6 Å². The minimum absolute atomic E-state index is 0.177. The monoisotopic (exact) mass is 258 g/mol. The first-order valence-corrected chi connectivity index (χ1v) is 6.10. The molecule has 1 atom stereocenters. The van der Waals surface area contributed by atoms with Crippen LogP contribution in [-0.4, -0.2) is 34.5 Å². The minimum Gasteiger partial charge on any atom is -0.480 e. The Morgan fingerprint density at radius 3 is 2.94 bits per heavy atom. The number of carbonyl (C=O) groups is 2. The molecule has 1 unspecified atom stereocenters.